The van der Waals surface area contributed by atoms with Crippen LogP contribution in [0.25, 0.3) is 92.0 Å². The molecule has 0 aliphatic rings. The first-order valence-corrected chi connectivity index (χ1v) is 15.8. The van der Waals surface area contributed by atoms with Crippen LogP contribution in [0.1, 0.15) is 0 Å². The molecule has 0 aliphatic carbocycles. The molecule has 0 spiro atoms. The fourth-order valence-corrected chi connectivity index (χ4v) is 7.56. The largest absolute Gasteiger partial charge is 0.438 e. The minimum Gasteiger partial charge on any atom is -0.438 e. The SMILES string of the molecule is [C-]#[N+]c1ccc2sc3c(-c4cccc(-c5cccc(-c6nc(-c7ccccc7)c7c(n6)oc6ccccc67)c5)c4)cccc3c2c1. The van der Waals surface area contributed by atoms with Crippen molar-refractivity contribution in [2.45, 2.75) is 0 Å². The molecule has 0 bridgehead atoms. The maximum absolute atomic E-state index is 7.46. The van der Waals surface area contributed by atoms with Gasteiger partial charge in [0.25, 0.3) is 0 Å². The monoisotopic (exact) mass is 605 g/mol. The fourth-order valence-electron chi connectivity index (χ4n) is 6.34. The molecule has 0 saturated carbocycles. The molecule has 3 aromatic heterocycles. The Morgan fingerprint density at radius 3 is 2.11 bits per heavy atom. The van der Waals surface area contributed by atoms with Gasteiger partial charge in [0.1, 0.15) is 5.58 Å². The zero-order valence-corrected chi connectivity index (χ0v) is 25.3. The van der Waals surface area contributed by atoms with Crippen LogP contribution in [0.5, 0.6) is 0 Å². The lowest BCUT2D eigenvalue weighted by Gasteiger charge is -2.10. The van der Waals surface area contributed by atoms with Gasteiger partial charge in [-0.2, -0.15) is 4.98 Å². The molecular weight excluding hydrogens is 583 g/mol. The molecule has 214 valence electrons. The summed E-state index contributed by atoms with van der Waals surface area (Å²) >= 11 is 1.78. The lowest BCUT2D eigenvalue weighted by atomic mass is 9.97. The number of fused-ring (bicyclic) bond motifs is 6. The lowest BCUT2D eigenvalue weighted by Crippen LogP contribution is -1.94. The van der Waals surface area contributed by atoms with Crippen molar-refractivity contribution in [3.8, 4) is 44.9 Å². The Morgan fingerprint density at radius 2 is 1.26 bits per heavy atom. The predicted molar refractivity (Wildman–Crippen MR) is 190 cm³/mol. The van der Waals surface area contributed by atoms with E-state index in [1.165, 1.54) is 20.3 Å². The van der Waals surface area contributed by atoms with Crippen LogP contribution in [0.3, 0.4) is 0 Å². The number of hydrogen-bond donors (Lipinski definition) is 0. The van der Waals surface area contributed by atoms with E-state index in [0.717, 1.165) is 55.3 Å². The number of rotatable bonds is 4. The molecular formula is C41H23N3OS. The Kier molecular flexibility index (Phi) is 6.02. The fraction of sp³-hybridized carbons (Fsp3) is 0. The Hall–Kier alpha value is -6.09. The second-order valence-corrected chi connectivity index (χ2v) is 12.3. The summed E-state index contributed by atoms with van der Waals surface area (Å²) in [5.41, 5.74) is 9.38. The van der Waals surface area contributed by atoms with E-state index in [0.29, 0.717) is 17.2 Å². The molecule has 0 atom stereocenters. The molecule has 0 saturated heterocycles. The summed E-state index contributed by atoms with van der Waals surface area (Å²) in [5.74, 6) is 0.622. The van der Waals surface area contributed by atoms with Gasteiger partial charge < -0.3 is 4.42 Å². The predicted octanol–water partition coefficient (Wildman–Crippen LogP) is 12.0. The van der Waals surface area contributed by atoms with Crippen molar-refractivity contribution in [2.24, 2.45) is 0 Å². The highest BCUT2D eigenvalue weighted by molar-refractivity contribution is 7.26. The van der Waals surface area contributed by atoms with Gasteiger partial charge in [-0.25, -0.2) is 9.83 Å². The van der Waals surface area contributed by atoms with E-state index in [2.05, 4.69) is 95.8 Å². The van der Waals surface area contributed by atoms with Gasteiger partial charge in [0.15, 0.2) is 11.5 Å². The van der Waals surface area contributed by atoms with Crippen LogP contribution < -0.4 is 0 Å². The summed E-state index contributed by atoms with van der Waals surface area (Å²) in [6.07, 6.45) is 0. The smallest absolute Gasteiger partial charge is 0.231 e. The zero-order chi connectivity index (χ0) is 30.6. The van der Waals surface area contributed by atoms with Gasteiger partial charge in [0.2, 0.25) is 5.71 Å². The van der Waals surface area contributed by atoms with Crippen molar-refractivity contribution in [3.05, 3.63) is 151 Å². The number of hydrogen-bond acceptors (Lipinski definition) is 4. The second kappa shape index (κ2) is 10.5. The van der Waals surface area contributed by atoms with E-state index in [9.17, 15) is 0 Å². The minimum absolute atomic E-state index is 0.581. The summed E-state index contributed by atoms with van der Waals surface area (Å²) < 4.78 is 8.68. The Balaban J connectivity index is 1.16. The maximum Gasteiger partial charge on any atom is 0.231 e. The Labute approximate surface area is 268 Å². The Morgan fingerprint density at radius 1 is 0.565 bits per heavy atom. The van der Waals surface area contributed by atoms with Crippen molar-refractivity contribution >= 4 is 59.3 Å². The number of nitrogens with zero attached hydrogens (tertiary/aromatic N) is 3. The molecule has 0 unspecified atom stereocenters. The molecule has 9 rings (SSSR count). The number of thiophene rings is 1. The third-order valence-corrected chi connectivity index (χ3v) is 9.74. The van der Waals surface area contributed by atoms with E-state index in [1.807, 2.05) is 48.5 Å². The van der Waals surface area contributed by atoms with Crippen molar-refractivity contribution in [1.82, 2.24) is 9.97 Å². The highest BCUT2D eigenvalue weighted by atomic mass is 32.1. The molecule has 0 aliphatic heterocycles. The van der Waals surface area contributed by atoms with Crippen LogP contribution in [0, 0.1) is 6.57 Å². The third kappa shape index (κ3) is 4.28. The van der Waals surface area contributed by atoms with Gasteiger partial charge in [-0.05, 0) is 57.3 Å². The van der Waals surface area contributed by atoms with Crippen LogP contribution in [-0.2, 0) is 0 Å². The van der Waals surface area contributed by atoms with Gasteiger partial charge in [-0.1, -0.05) is 115 Å². The third-order valence-electron chi connectivity index (χ3n) is 8.52. The lowest BCUT2D eigenvalue weighted by molar-refractivity contribution is 0.653. The standard InChI is InChI=1S/C41H23N3OS/c1-42-30-20-21-36-34(24-30)32-18-9-17-31(39(32)46-36)28-14-7-12-26(22-28)27-13-8-15-29(23-27)40-43-38(25-10-3-2-4-11-25)37-33-16-5-6-19-35(33)45-41(37)44-40/h2-24H. The van der Waals surface area contributed by atoms with E-state index < -0.39 is 0 Å². The van der Waals surface area contributed by atoms with Gasteiger partial charge in [0.05, 0.1) is 17.7 Å². The van der Waals surface area contributed by atoms with E-state index >= 15 is 0 Å². The molecule has 4 nitrogen and oxygen atoms in total. The van der Waals surface area contributed by atoms with Crippen LogP contribution in [0.4, 0.5) is 5.69 Å². The molecule has 9 aromatic rings. The second-order valence-electron chi connectivity index (χ2n) is 11.3. The molecule has 46 heavy (non-hydrogen) atoms. The van der Waals surface area contributed by atoms with Crippen molar-refractivity contribution in [3.63, 3.8) is 0 Å². The van der Waals surface area contributed by atoms with Crippen molar-refractivity contribution < 1.29 is 4.42 Å². The first-order chi connectivity index (χ1) is 22.7. The molecule has 0 N–H and O–H groups in total. The molecule has 3 heterocycles. The quantitative estimate of drug-likeness (QED) is 0.187. The normalized spacial score (nSPS) is 11.5. The number of furan rings is 1. The molecule has 6 aromatic carbocycles. The summed E-state index contributed by atoms with van der Waals surface area (Å²) in [4.78, 5) is 13.7. The average molecular weight is 606 g/mol. The number of para-hydroxylation sites is 1. The molecule has 0 radical (unpaired) electrons. The van der Waals surface area contributed by atoms with E-state index in [1.54, 1.807) is 11.3 Å². The van der Waals surface area contributed by atoms with Crippen LogP contribution in [-0.4, -0.2) is 9.97 Å². The first-order valence-electron chi connectivity index (χ1n) is 15.0. The van der Waals surface area contributed by atoms with Gasteiger partial charge >= 0.3 is 0 Å². The Bertz CT molecular complexity index is 2660. The summed E-state index contributed by atoms with van der Waals surface area (Å²) in [6, 6.07) is 47.8. The summed E-state index contributed by atoms with van der Waals surface area (Å²) in [7, 11) is 0. The van der Waals surface area contributed by atoms with Crippen LogP contribution in [0.15, 0.2) is 144 Å². The van der Waals surface area contributed by atoms with E-state index in [-0.39, 0.29) is 0 Å². The molecule has 0 fully saturated rings. The first kappa shape index (κ1) is 26.3. The van der Waals surface area contributed by atoms with Crippen molar-refractivity contribution in [2.75, 3.05) is 0 Å². The van der Waals surface area contributed by atoms with Crippen LogP contribution in [0.2, 0.25) is 0 Å². The van der Waals surface area contributed by atoms with Crippen LogP contribution >= 0.6 is 11.3 Å². The maximum atomic E-state index is 7.46. The number of benzene rings is 6. The van der Waals surface area contributed by atoms with Crippen molar-refractivity contribution in [1.29, 1.82) is 0 Å². The summed E-state index contributed by atoms with van der Waals surface area (Å²) in [6.45, 7) is 7.46. The topological polar surface area (TPSA) is 43.3 Å². The summed E-state index contributed by atoms with van der Waals surface area (Å²) in [5, 5.41) is 4.25. The van der Waals surface area contributed by atoms with Gasteiger partial charge in [-0.3, -0.25) is 0 Å². The highest BCUT2D eigenvalue weighted by Gasteiger charge is 2.18. The number of aromatic nitrogens is 2. The molecule has 0 amide bonds. The van der Waals surface area contributed by atoms with Gasteiger partial charge in [-0.15, -0.1) is 11.3 Å². The minimum atomic E-state index is 0.581. The highest BCUT2D eigenvalue weighted by Crippen LogP contribution is 2.42. The zero-order valence-electron chi connectivity index (χ0n) is 24.4. The average Bonchev–Trinajstić information content (AvgIpc) is 3.69. The van der Waals surface area contributed by atoms with Gasteiger partial charge in [0, 0.05) is 25.9 Å². The van der Waals surface area contributed by atoms with E-state index in [4.69, 9.17) is 21.0 Å². The molecule has 5 heteroatoms.